The van der Waals surface area contributed by atoms with Gasteiger partial charge in [-0.3, -0.25) is 14.5 Å². The Morgan fingerprint density at radius 1 is 1.27 bits per heavy atom. The normalized spacial score (nSPS) is 17.1. The molecule has 0 aromatic heterocycles. The van der Waals surface area contributed by atoms with Crippen LogP contribution in [0.15, 0.2) is 36.4 Å². The second kappa shape index (κ2) is 7.07. The predicted octanol–water partition coefficient (Wildman–Crippen LogP) is 2.82. The van der Waals surface area contributed by atoms with Crippen molar-refractivity contribution in [3.05, 3.63) is 53.3 Å². The molecule has 1 saturated heterocycles. The zero-order valence-electron chi connectivity index (χ0n) is 16.0. The van der Waals surface area contributed by atoms with Crippen molar-refractivity contribution in [2.75, 3.05) is 16.8 Å². The number of nitrogens with zero attached hydrogens (tertiary/aromatic N) is 3. The smallest absolute Gasteiger partial charge is 0.259 e. The van der Waals surface area contributed by atoms with E-state index < -0.39 is 17.3 Å². The summed E-state index contributed by atoms with van der Waals surface area (Å²) in [7, 11) is 1.41. The first-order valence-corrected chi connectivity index (χ1v) is 9.68. The summed E-state index contributed by atoms with van der Waals surface area (Å²) >= 11 is 5.59. The molecular formula is C21H17FN4O3S. The molecule has 2 amide bonds. The van der Waals surface area contributed by atoms with Crippen molar-refractivity contribution >= 4 is 40.5 Å². The fourth-order valence-electron chi connectivity index (χ4n) is 3.92. The average Bonchev–Trinajstić information content (AvgIpc) is 2.94. The Kier molecular flexibility index (Phi) is 4.67. The highest BCUT2D eigenvalue weighted by molar-refractivity contribution is 7.81. The highest BCUT2D eigenvalue weighted by Gasteiger charge is 2.59. The summed E-state index contributed by atoms with van der Waals surface area (Å²) in [5.41, 5.74) is -0.245. The molecule has 2 aromatic rings. The number of hydrogen-bond acceptors (Lipinski definition) is 5. The van der Waals surface area contributed by atoms with Crippen LogP contribution in [0.4, 0.5) is 15.8 Å². The summed E-state index contributed by atoms with van der Waals surface area (Å²) in [5, 5.41) is 21.6. The Bertz CT molecular complexity index is 1140. The van der Waals surface area contributed by atoms with E-state index in [-0.39, 0.29) is 27.9 Å². The number of hydrogen-bond donors (Lipinski definition) is 2. The Hall–Kier alpha value is -3.51. The Morgan fingerprint density at radius 3 is 2.50 bits per heavy atom. The molecule has 2 fully saturated rings. The topological polar surface area (TPSA) is 96.7 Å². The maximum absolute atomic E-state index is 14.6. The summed E-state index contributed by atoms with van der Waals surface area (Å²) in [6.45, 7) is 0. The molecular weight excluding hydrogens is 407 g/mol. The zero-order chi connectivity index (χ0) is 21.6. The quantitative estimate of drug-likeness (QED) is 0.736. The summed E-state index contributed by atoms with van der Waals surface area (Å²) in [5.74, 6) is -1.79. The van der Waals surface area contributed by atoms with E-state index in [2.05, 4.69) is 5.32 Å². The summed E-state index contributed by atoms with van der Waals surface area (Å²) in [6, 6.07) is 10.2. The minimum absolute atomic E-state index is 0.0818. The van der Waals surface area contributed by atoms with Gasteiger partial charge < -0.3 is 15.3 Å². The monoisotopic (exact) mass is 424 g/mol. The highest BCUT2D eigenvalue weighted by atomic mass is 32.1. The van der Waals surface area contributed by atoms with Crippen molar-refractivity contribution in [1.29, 1.82) is 5.26 Å². The molecule has 0 radical (unpaired) electrons. The Balaban J connectivity index is 1.78. The number of nitrogens with one attached hydrogen (secondary N) is 1. The summed E-state index contributed by atoms with van der Waals surface area (Å²) in [6.07, 6.45) is 1.91. The number of halogens is 1. The van der Waals surface area contributed by atoms with Crippen molar-refractivity contribution in [2.45, 2.75) is 24.8 Å². The minimum Gasteiger partial charge on any atom is -0.506 e. The van der Waals surface area contributed by atoms with E-state index in [1.54, 1.807) is 11.0 Å². The maximum atomic E-state index is 14.6. The number of rotatable bonds is 3. The zero-order valence-corrected chi connectivity index (χ0v) is 16.8. The van der Waals surface area contributed by atoms with Gasteiger partial charge >= 0.3 is 0 Å². The molecule has 1 aliphatic carbocycles. The number of thiocarbonyl (C=S) groups is 1. The molecule has 1 spiro atoms. The molecule has 7 nitrogen and oxygen atoms in total. The summed E-state index contributed by atoms with van der Waals surface area (Å²) in [4.78, 5) is 28.1. The van der Waals surface area contributed by atoms with Crippen LogP contribution in [-0.2, 0) is 4.79 Å². The Labute approximate surface area is 177 Å². The van der Waals surface area contributed by atoms with Crippen LogP contribution in [0.2, 0.25) is 0 Å². The molecule has 152 valence electrons. The first-order valence-electron chi connectivity index (χ1n) is 9.27. The third kappa shape index (κ3) is 2.72. The van der Waals surface area contributed by atoms with Gasteiger partial charge in [-0.1, -0.05) is 0 Å². The number of aromatic hydroxyl groups is 1. The predicted molar refractivity (Wildman–Crippen MR) is 112 cm³/mol. The number of anilines is 2. The van der Waals surface area contributed by atoms with E-state index in [9.17, 15) is 19.1 Å². The molecule has 1 heterocycles. The van der Waals surface area contributed by atoms with Crippen molar-refractivity contribution in [1.82, 2.24) is 5.32 Å². The first kappa shape index (κ1) is 19.8. The van der Waals surface area contributed by atoms with Crippen LogP contribution in [-0.4, -0.2) is 34.6 Å². The van der Waals surface area contributed by atoms with Gasteiger partial charge in [0.05, 0.1) is 16.8 Å². The van der Waals surface area contributed by atoms with Crippen LogP contribution in [0.5, 0.6) is 5.75 Å². The van der Waals surface area contributed by atoms with Crippen molar-refractivity contribution in [2.24, 2.45) is 0 Å². The number of carbonyl (C=O) groups excluding carboxylic acids is 2. The lowest BCUT2D eigenvalue weighted by Crippen LogP contribution is -2.55. The van der Waals surface area contributed by atoms with Crippen LogP contribution in [0.25, 0.3) is 0 Å². The summed E-state index contributed by atoms with van der Waals surface area (Å²) < 4.78 is 14.6. The number of carbonyl (C=O) groups is 2. The van der Waals surface area contributed by atoms with E-state index in [0.717, 1.165) is 6.42 Å². The number of amides is 2. The van der Waals surface area contributed by atoms with Gasteiger partial charge in [0.25, 0.3) is 11.8 Å². The lowest BCUT2D eigenvalue weighted by Gasteiger charge is -2.43. The first-order chi connectivity index (χ1) is 14.3. The second-order valence-electron chi connectivity index (χ2n) is 7.20. The second-order valence-corrected chi connectivity index (χ2v) is 7.57. The van der Waals surface area contributed by atoms with Crippen molar-refractivity contribution < 1.29 is 19.1 Å². The van der Waals surface area contributed by atoms with Crippen LogP contribution in [0.1, 0.15) is 35.2 Å². The van der Waals surface area contributed by atoms with Crippen molar-refractivity contribution in [3.63, 3.8) is 0 Å². The lowest BCUT2D eigenvalue weighted by atomic mass is 9.75. The molecule has 1 aliphatic heterocycles. The molecule has 2 aliphatic rings. The van der Waals surface area contributed by atoms with E-state index in [4.69, 9.17) is 17.5 Å². The van der Waals surface area contributed by atoms with E-state index >= 15 is 0 Å². The molecule has 0 atom stereocenters. The Morgan fingerprint density at radius 2 is 1.97 bits per heavy atom. The number of phenolic OH excluding ortho intramolecular Hbond substituents is 1. The van der Waals surface area contributed by atoms with Crippen molar-refractivity contribution in [3.8, 4) is 11.8 Å². The van der Waals surface area contributed by atoms with Gasteiger partial charge in [0.15, 0.2) is 5.11 Å². The molecule has 2 N–H and O–H groups in total. The average molecular weight is 424 g/mol. The van der Waals surface area contributed by atoms with Gasteiger partial charge in [-0.25, -0.2) is 4.39 Å². The molecule has 1 saturated carbocycles. The van der Waals surface area contributed by atoms with Crippen LogP contribution in [0, 0.1) is 17.1 Å². The lowest BCUT2D eigenvalue weighted by molar-refractivity contribution is -0.123. The molecule has 30 heavy (non-hydrogen) atoms. The van der Waals surface area contributed by atoms with Gasteiger partial charge in [0.1, 0.15) is 23.2 Å². The van der Waals surface area contributed by atoms with Crippen LogP contribution >= 0.6 is 12.2 Å². The molecule has 0 unspecified atom stereocenters. The fraction of sp³-hybridized carbons (Fsp3) is 0.238. The number of benzene rings is 2. The third-order valence-electron chi connectivity index (χ3n) is 5.64. The molecule has 2 aromatic carbocycles. The molecule has 0 bridgehead atoms. The van der Waals surface area contributed by atoms with E-state index in [0.29, 0.717) is 24.2 Å². The minimum atomic E-state index is -0.929. The van der Waals surface area contributed by atoms with Crippen LogP contribution < -0.4 is 15.1 Å². The fourth-order valence-corrected chi connectivity index (χ4v) is 4.39. The van der Waals surface area contributed by atoms with Gasteiger partial charge in [-0.05, 0) is 61.8 Å². The standard InChI is InChI=1S/C21H17FN4O3S/c1-24-18(28)15-6-5-14(9-16(15)22)26-20(30)25(19(29)21(26)7-2-8-21)13-4-3-12(11-23)17(27)10-13/h3-6,9-10,27H,2,7-8H2,1H3,(H,24,28). The van der Waals surface area contributed by atoms with Gasteiger partial charge in [0.2, 0.25) is 0 Å². The SMILES string of the molecule is CNC(=O)c1ccc(N2C(=S)N(c3ccc(C#N)c(O)c3)C(=O)C23CCC3)cc1F. The third-order valence-corrected chi connectivity index (χ3v) is 6.00. The van der Waals surface area contributed by atoms with Gasteiger partial charge in [-0.15, -0.1) is 0 Å². The van der Waals surface area contributed by atoms with E-state index in [1.165, 1.54) is 42.3 Å². The largest absolute Gasteiger partial charge is 0.506 e. The van der Waals surface area contributed by atoms with E-state index in [1.807, 2.05) is 6.07 Å². The number of phenols is 1. The highest BCUT2D eigenvalue weighted by Crippen LogP contribution is 2.48. The maximum Gasteiger partial charge on any atom is 0.259 e. The molecule has 4 rings (SSSR count). The van der Waals surface area contributed by atoms with Crippen LogP contribution in [0.3, 0.4) is 0 Å². The van der Waals surface area contributed by atoms with Gasteiger partial charge in [0, 0.05) is 18.8 Å². The number of nitriles is 1. The molecule has 9 heteroatoms. The van der Waals surface area contributed by atoms with Gasteiger partial charge in [-0.2, -0.15) is 5.26 Å².